The van der Waals surface area contributed by atoms with Crippen LogP contribution in [0.1, 0.15) is 34.6 Å². The van der Waals surface area contributed by atoms with Crippen LogP contribution < -0.4 is 0 Å². The minimum atomic E-state index is -1.66. The first-order valence-electron chi connectivity index (χ1n) is 6.39. The third-order valence-electron chi connectivity index (χ3n) is 3.50. The maximum Gasteiger partial charge on any atom is 0.331 e. The van der Waals surface area contributed by atoms with Gasteiger partial charge in [0.05, 0.1) is 6.61 Å². The van der Waals surface area contributed by atoms with E-state index in [1.165, 1.54) is 0 Å². The molecule has 0 aliphatic rings. The second-order valence-electron chi connectivity index (χ2n) is 4.01. The number of esters is 1. The molecule has 0 amide bonds. The van der Waals surface area contributed by atoms with Gasteiger partial charge < -0.3 is 9.47 Å². The summed E-state index contributed by atoms with van der Waals surface area (Å²) in [6.07, 6.45) is 0. The third-order valence-corrected chi connectivity index (χ3v) is 9.24. The minimum absolute atomic E-state index is 0.151. The summed E-state index contributed by atoms with van der Waals surface area (Å²) in [5.41, 5.74) is -0.280. The van der Waals surface area contributed by atoms with E-state index in [4.69, 9.17) is 9.47 Å². The van der Waals surface area contributed by atoms with Gasteiger partial charge in [0, 0.05) is 6.61 Å². The molecule has 0 aliphatic carbocycles. The Balaban J connectivity index is 4.90. The van der Waals surface area contributed by atoms with E-state index in [0.717, 1.165) is 18.1 Å². The number of hydrogen-bond acceptors (Lipinski definition) is 3. The van der Waals surface area contributed by atoms with E-state index in [-0.39, 0.29) is 11.7 Å². The van der Waals surface area contributed by atoms with E-state index < -0.39 is 8.07 Å². The number of rotatable bonds is 8. The van der Waals surface area contributed by atoms with Crippen molar-refractivity contribution in [1.29, 1.82) is 0 Å². The van der Waals surface area contributed by atoms with Crippen molar-refractivity contribution < 1.29 is 14.3 Å². The van der Waals surface area contributed by atoms with Gasteiger partial charge in [0.2, 0.25) is 0 Å². The lowest BCUT2D eigenvalue weighted by atomic mass is 10.7. The average molecular weight is 246 g/mol. The summed E-state index contributed by atoms with van der Waals surface area (Å²) in [6, 6.07) is 3.22. The Bertz CT molecular complexity index is 194. The van der Waals surface area contributed by atoms with Crippen molar-refractivity contribution in [3.63, 3.8) is 0 Å². The molecule has 0 heterocycles. The fourth-order valence-electron chi connectivity index (χ4n) is 2.19. The van der Waals surface area contributed by atoms with E-state index in [9.17, 15) is 4.79 Å². The zero-order valence-corrected chi connectivity index (χ0v) is 12.3. The molecule has 0 bridgehead atoms. The molecule has 96 valence electrons. The summed E-state index contributed by atoms with van der Waals surface area (Å²) in [5.74, 6) is -0.151. The summed E-state index contributed by atoms with van der Waals surface area (Å²) < 4.78 is 10.8. The zero-order valence-electron chi connectivity index (χ0n) is 11.3. The maximum absolute atomic E-state index is 11.9. The molecule has 0 saturated carbocycles. The lowest BCUT2D eigenvalue weighted by Crippen LogP contribution is -2.52. The van der Waals surface area contributed by atoms with Gasteiger partial charge in [0.1, 0.15) is 13.8 Å². The van der Waals surface area contributed by atoms with Crippen LogP contribution in [0.5, 0.6) is 0 Å². The monoisotopic (exact) mass is 246 g/mol. The molecule has 0 aliphatic heterocycles. The Morgan fingerprint density at radius 3 is 1.81 bits per heavy atom. The Morgan fingerprint density at radius 2 is 1.50 bits per heavy atom. The van der Waals surface area contributed by atoms with Gasteiger partial charge in [-0.15, -0.1) is 0 Å². The first kappa shape index (κ1) is 15.6. The highest BCUT2D eigenvalue weighted by Crippen LogP contribution is 2.27. The van der Waals surface area contributed by atoms with Crippen molar-refractivity contribution in [2.45, 2.75) is 58.5 Å². The summed E-state index contributed by atoms with van der Waals surface area (Å²) in [6.45, 7) is 11.3. The summed E-state index contributed by atoms with van der Waals surface area (Å²) >= 11 is 0. The molecule has 0 aromatic rings. The molecule has 1 unspecified atom stereocenters. The molecule has 0 fully saturated rings. The van der Waals surface area contributed by atoms with Gasteiger partial charge in [-0.05, 0) is 13.8 Å². The maximum atomic E-state index is 11.9. The lowest BCUT2D eigenvalue weighted by Gasteiger charge is -2.34. The fourth-order valence-corrected chi connectivity index (χ4v) is 5.90. The van der Waals surface area contributed by atoms with Crippen molar-refractivity contribution in [3.05, 3.63) is 0 Å². The summed E-state index contributed by atoms with van der Waals surface area (Å²) in [7, 11) is -1.66. The van der Waals surface area contributed by atoms with Crippen LogP contribution in [0.4, 0.5) is 0 Å². The molecule has 0 aromatic carbocycles. The third kappa shape index (κ3) is 3.59. The summed E-state index contributed by atoms with van der Waals surface area (Å²) in [5, 5.41) is 0. The van der Waals surface area contributed by atoms with Gasteiger partial charge in [-0.25, -0.2) is 4.79 Å². The number of carbonyl (C=O) groups excluding carboxylic acids is 1. The normalized spacial score (nSPS) is 13.6. The van der Waals surface area contributed by atoms with E-state index in [1.54, 1.807) is 0 Å². The second kappa shape index (κ2) is 7.85. The smallest absolute Gasteiger partial charge is 0.331 e. The van der Waals surface area contributed by atoms with Gasteiger partial charge >= 0.3 is 5.97 Å². The van der Waals surface area contributed by atoms with Crippen molar-refractivity contribution >= 4 is 14.0 Å². The zero-order chi connectivity index (χ0) is 12.6. The van der Waals surface area contributed by atoms with Crippen LogP contribution in [0.3, 0.4) is 0 Å². The number of carbonyl (C=O) groups is 1. The lowest BCUT2D eigenvalue weighted by molar-refractivity contribution is -0.151. The van der Waals surface area contributed by atoms with Crippen LogP contribution in [-0.4, -0.2) is 33.0 Å². The summed E-state index contributed by atoms with van der Waals surface area (Å²) in [4.78, 5) is 11.9. The molecule has 4 heteroatoms. The first-order chi connectivity index (χ1) is 7.61. The number of hydrogen-bond donors (Lipinski definition) is 0. The van der Waals surface area contributed by atoms with E-state index in [2.05, 4.69) is 20.8 Å². The average Bonchev–Trinajstić information content (AvgIpc) is 2.31. The second-order valence-corrected chi connectivity index (χ2v) is 9.38. The molecule has 0 spiro atoms. The minimum Gasteiger partial charge on any atom is -0.464 e. The SMILES string of the molecule is CCOC(=O)C(OCC)[Si](CC)(CC)CC. The molecule has 3 nitrogen and oxygen atoms in total. The van der Waals surface area contributed by atoms with E-state index >= 15 is 0 Å². The predicted molar refractivity (Wildman–Crippen MR) is 69.2 cm³/mol. The highest BCUT2D eigenvalue weighted by molar-refractivity contribution is 6.83. The molecular weight excluding hydrogens is 220 g/mol. The van der Waals surface area contributed by atoms with Crippen LogP contribution in [0.15, 0.2) is 0 Å². The molecule has 0 rings (SSSR count). The Labute approximate surface area is 101 Å². The van der Waals surface area contributed by atoms with Gasteiger partial charge in [0.15, 0.2) is 0 Å². The molecule has 1 atom stereocenters. The first-order valence-corrected chi connectivity index (χ1v) is 9.09. The molecule has 0 N–H and O–H groups in total. The van der Waals surface area contributed by atoms with Crippen LogP contribution in [0, 0.1) is 0 Å². The Morgan fingerprint density at radius 1 is 1.00 bits per heavy atom. The van der Waals surface area contributed by atoms with Gasteiger partial charge in [-0.1, -0.05) is 38.9 Å². The van der Waals surface area contributed by atoms with Crippen molar-refractivity contribution in [2.24, 2.45) is 0 Å². The van der Waals surface area contributed by atoms with Gasteiger partial charge in [-0.3, -0.25) is 0 Å². The number of ether oxygens (including phenoxy) is 2. The van der Waals surface area contributed by atoms with Crippen LogP contribution in [0.2, 0.25) is 18.1 Å². The van der Waals surface area contributed by atoms with Crippen molar-refractivity contribution in [3.8, 4) is 0 Å². The molecule has 0 radical (unpaired) electrons. The van der Waals surface area contributed by atoms with E-state index in [0.29, 0.717) is 13.2 Å². The standard InChI is InChI=1S/C12H26O3Si/c1-6-14-11(13)12(15-7-2)16(8-3,9-4)10-5/h12H,6-10H2,1-5H3. The topological polar surface area (TPSA) is 35.5 Å². The van der Waals surface area contributed by atoms with Crippen LogP contribution >= 0.6 is 0 Å². The largest absolute Gasteiger partial charge is 0.464 e. The molecule has 0 saturated heterocycles. The van der Waals surface area contributed by atoms with Crippen LogP contribution in [-0.2, 0) is 14.3 Å². The Hall–Kier alpha value is -0.353. The molecule has 0 aromatic heterocycles. The van der Waals surface area contributed by atoms with Crippen molar-refractivity contribution in [1.82, 2.24) is 0 Å². The highest BCUT2D eigenvalue weighted by Gasteiger charge is 2.42. The highest BCUT2D eigenvalue weighted by atomic mass is 28.3. The quantitative estimate of drug-likeness (QED) is 0.488. The Kier molecular flexibility index (Phi) is 7.67. The van der Waals surface area contributed by atoms with Crippen LogP contribution in [0.25, 0.3) is 0 Å². The van der Waals surface area contributed by atoms with Gasteiger partial charge in [0.25, 0.3) is 0 Å². The molecule has 16 heavy (non-hydrogen) atoms. The predicted octanol–water partition coefficient (Wildman–Crippen LogP) is 3.00. The van der Waals surface area contributed by atoms with E-state index in [1.807, 2.05) is 13.8 Å². The van der Waals surface area contributed by atoms with Crippen molar-refractivity contribution in [2.75, 3.05) is 13.2 Å². The van der Waals surface area contributed by atoms with Gasteiger partial charge in [-0.2, -0.15) is 0 Å². The molecular formula is C12H26O3Si. The fraction of sp³-hybridized carbons (Fsp3) is 0.917.